The van der Waals surface area contributed by atoms with Crippen molar-refractivity contribution in [2.45, 2.75) is 32.7 Å². The number of hydrogen-bond acceptors (Lipinski definition) is 4. The number of anilines is 2. The standard InChI is InChI=1S/C26H27ClN6O/c1-4-22(18-7-5-8-20(27)13-18)32-12-10-21-14-19(16-33(21)26(32)34)24-17(2)15-28-25(30-24)29-23-9-6-11-31(23)3/h5-9,11,13-16,22H,4,10,12H2,1-3H3,(H,28,29,30)/t22-/m1/s1. The largest absolute Gasteiger partial charge is 0.338 e. The van der Waals surface area contributed by atoms with E-state index in [1.807, 2.05) is 78.4 Å². The fraction of sp³-hybridized carbons (Fsp3) is 0.269. The Morgan fingerprint density at radius 2 is 2.06 bits per heavy atom. The molecule has 1 aliphatic heterocycles. The fourth-order valence-electron chi connectivity index (χ4n) is 4.62. The van der Waals surface area contributed by atoms with Crippen LogP contribution in [-0.4, -0.2) is 36.6 Å². The quantitative estimate of drug-likeness (QED) is 0.374. The van der Waals surface area contributed by atoms with Crippen molar-refractivity contribution in [1.82, 2.24) is 24.0 Å². The van der Waals surface area contributed by atoms with Crippen molar-refractivity contribution in [1.29, 1.82) is 0 Å². The second-order valence-electron chi connectivity index (χ2n) is 8.65. The highest BCUT2D eigenvalue weighted by atomic mass is 35.5. The van der Waals surface area contributed by atoms with Gasteiger partial charge in [0, 0.05) is 54.9 Å². The molecule has 1 amide bonds. The molecule has 0 unspecified atom stereocenters. The van der Waals surface area contributed by atoms with Crippen LogP contribution in [-0.2, 0) is 13.5 Å². The van der Waals surface area contributed by atoms with Gasteiger partial charge in [0.05, 0.1) is 11.7 Å². The maximum absolute atomic E-state index is 13.5. The lowest BCUT2D eigenvalue weighted by Gasteiger charge is -2.35. The SMILES string of the molecule is CC[C@H](c1cccc(Cl)c1)N1CCc2cc(-c3nc(Nc4cccn4C)ncc3C)cn2C1=O. The molecule has 34 heavy (non-hydrogen) atoms. The molecule has 4 heterocycles. The number of fused-ring (bicyclic) bond motifs is 1. The summed E-state index contributed by atoms with van der Waals surface area (Å²) < 4.78 is 3.73. The summed E-state index contributed by atoms with van der Waals surface area (Å²) in [7, 11) is 1.96. The second kappa shape index (κ2) is 8.99. The lowest BCUT2D eigenvalue weighted by molar-refractivity contribution is 0.166. The van der Waals surface area contributed by atoms with Gasteiger partial charge < -0.3 is 14.8 Å². The highest BCUT2D eigenvalue weighted by molar-refractivity contribution is 6.30. The lowest BCUT2D eigenvalue weighted by Crippen LogP contribution is -2.43. The van der Waals surface area contributed by atoms with E-state index in [2.05, 4.69) is 23.3 Å². The van der Waals surface area contributed by atoms with Gasteiger partial charge in [-0.15, -0.1) is 0 Å². The van der Waals surface area contributed by atoms with Gasteiger partial charge in [0.1, 0.15) is 5.82 Å². The fourth-order valence-corrected chi connectivity index (χ4v) is 4.82. The van der Waals surface area contributed by atoms with Crippen LogP contribution in [0.4, 0.5) is 16.6 Å². The van der Waals surface area contributed by atoms with Crippen molar-refractivity contribution in [3.05, 3.63) is 82.9 Å². The predicted octanol–water partition coefficient (Wildman–Crippen LogP) is 5.97. The monoisotopic (exact) mass is 474 g/mol. The van der Waals surface area contributed by atoms with Gasteiger partial charge in [-0.1, -0.05) is 30.7 Å². The normalized spacial score (nSPS) is 14.2. The van der Waals surface area contributed by atoms with Crippen molar-refractivity contribution in [3.8, 4) is 11.3 Å². The predicted molar refractivity (Wildman–Crippen MR) is 135 cm³/mol. The Bertz CT molecular complexity index is 1360. The van der Waals surface area contributed by atoms with Gasteiger partial charge in [0.15, 0.2) is 0 Å². The average molecular weight is 475 g/mol. The third-order valence-electron chi connectivity index (χ3n) is 6.39. The van der Waals surface area contributed by atoms with Crippen molar-refractivity contribution in [3.63, 3.8) is 0 Å². The zero-order valence-electron chi connectivity index (χ0n) is 19.5. The number of carbonyl (C=O) groups is 1. The molecule has 0 saturated carbocycles. The highest BCUT2D eigenvalue weighted by Gasteiger charge is 2.30. The molecule has 174 valence electrons. The van der Waals surface area contributed by atoms with E-state index in [9.17, 15) is 4.79 Å². The van der Waals surface area contributed by atoms with Crippen LogP contribution in [0.1, 0.15) is 36.2 Å². The summed E-state index contributed by atoms with van der Waals surface area (Å²) in [6.07, 6.45) is 7.26. The molecule has 0 spiro atoms. The Labute approximate surface area is 204 Å². The number of aromatic nitrogens is 4. The van der Waals surface area contributed by atoms with Crippen molar-refractivity contribution >= 4 is 29.4 Å². The molecule has 0 bridgehead atoms. The summed E-state index contributed by atoms with van der Waals surface area (Å²) >= 11 is 6.23. The van der Waals surface area contributed by atoms with Gasteiger partial charge in [-0.3, -0.25) is 4.57 Å². The van der Waals surface area contributed by atoms with E-state index in [0.29, 0.717) is 17.5 Å². The Kier molecular flexibility index (Phi) is 5.87. The molecule has 0 fully saturated rings. The topological polar surface area (TPSA) is 68.0 Å². The molecule has 4 aromatic rings. The molecule has 3 aromatic heterocycles. The van der Waals surface area contributed by atoms with Crippen LogP contribution < -0.4 is 5.32 Å². The van der Waals surface area contributed by atoms with Gasteiger partial charge in [-0.25, -0.2) is 14.8 Å². The Hall–Kier alpha value is -3.58. The average Bonchev–Trinajstić information content (AvgIpc) is 3.44. The first-order valence-corrected chi connectivity index (χ1v) is 11.8. The van der Waals surface area contributed by atoms with Crippen LogP contribution in [0, 0.1) is 6.92 Å². The van der Waals surface area contributed by atoms with Crippen LogP contribution in [0.2, 0.25) is 5.02 Å². The minimum Gasteiger partial charge on any atom is -0.338 e. The summed E-state index contributed by atoms with van der Waals surface area (Å²) in [6.45, 7) is 4.75. The summed E-state index contributed by atoms with van der Waals surface area (Å²) in [5, 5.41) is 3.94. The molecule has 0 radical (unpaired) electrons. The van der Waals surface area contributed by atoms with Crippen LogP contribution >= 0.6 is 11.6 Å². The van der Waals surface area contributed by atoms with Gasteiger partial charge in [-0.2, -0.15) is 0 Å². The molecule has 1 aliphatic rings. The van der Waals surface area contributed by atoms with Gasteiger partial charge in [0.2, 0.25) is 5.95 Å². The highest BCUT2D eigenvalue weighted by Crippen LogP contribution is 2.32. The number of aryl methyl sites for hydroxylation is 2. The number of nitrogens with zero attached hydrogens (tertiary/aromatic N) is 5. The van der Waals surface area contributed by atoms with Gasteiger partial charge in [0.25, 0.3) is 0 Å². The number of hydrogen-bond donors (Lipinski definition) is 1. The second-order valence-corrected chi connectivity index (χ2v) is 9.09. The third kappa shape index (κ3) is 4.07. The summed E-state index contributed by atoms with van der Waals surface area (Å²) in [5.41, 5.74) is 4.73. The van der Waals surface area contributed by atoms with Crippen LogP contribution in [0.3, 0.4) is 0 Å². The molecule has 5 rings (SSSR count). The lowest BCUT2D eigenvalue weighted by atomic mass is 10.0. The van der Waals surface area contributed by atoms with Crippen molar-refractivity contribution < 1.29 is 4.79 Å². The molecule has 8 heteroatoms. The Balaban J connectivity index is 1.45. The van der Waals surface area contributed by atoms with E-state index in [1.54, 1.807) is 4.57 Å². The van der Waals surface area contributed by atoms with Crippen LogP contribution in [0.5, 0.6) is 0 Å². The number of carbonyl (C=O) groups excluding carboxylic acids is 1. The zero-order chi connectivity index (χ0) is 23.8. The summed E-state index contributed by atoms with van der Waals surface area (Å²) in [5.74, 6) is 1.43. The molecule has 1 atom stereocenters. The number of amides is 1. The number of nitrogens with one attached hydrogen (secondary N) is 1. The number of rotatable bonds is 6. The van der Waals surface area contributed by atoms with E-state index >= 15 is 0 Å². The minimum atomic E-state index is -0.0212. The number of benzene rings is 1. The molecule has 1 N–H and O–H groups in total. The van der Waals surface area contributed by atoms with Crippen LogP contribution in [0.15, 0.2) is 61.1 Å². The Morgan fingerprint density at radius 1 is 1.21 bits per heavy atom. The zero-order valence-corrected chi connectivity index (χ0v) is 20.3. The molecule has 1 aromatic carbocycles. The van der Waals surface area contributed by atoms with E-state index in [1.165, 1.54) is 0 Å². The first-order chi connectivity index (χ1) is 16.4. The van der Waals surface area contributed by atoms with Crippen molar-refractivity contribution in [2.75, 3.05) is 11.9 Å². The van der Waals surface area contributed by atoms with Gasteiger partial charge >= 0.3 is 6.03 Å². The maximum Gasteiger partial charge on any atom is 0.328 e. The minimum absolute atomic E-state index is 0.0202. The Morgan fingerprint density at radius 3 is 2.79 bits per heavy atom. The van der Waals surface area contributed by atoms with Crippen LogP contribution in [0.25, 0.3) is 11.3 Å². The smallest absolute Gasteiger partial charge is 0.328 e. The van der Waals surface area contributed by atoms with Gasteiger partial charge in [-0.05, 0) is 54.8 Å². The van der Waals surface area contributed by atoms with E-state index in [4.69, 9.17) is 16.6 Å². The first-order valence-electron chi connectivity index (χ1n) is 11.4. The molecule has 0 aliphatic carbocycles. The van der Waals surface area contributed by atoms with Crippen molar-refractivity contribution in [2.24, 2.45) is 7.05 Å². The maximum atomic E-state index is 13.5. The molecular weight excluding hydrogens is 448 g/mol. The number of halogens is 1. The molecular formula is C26H27ClN6O. The van der Waals surface area contributed by atoms with E-state index in [0.717, 1.165) is 46.7 Å². The molecule has 0 saturated heterocycles. The molecule has 7 nitrogen and oxygen atoms in total. The van der Waals surface area contributed by atoms with E-state index < -0.39 is 0 Å². The van der Waals surface area contributed by atoms with E-state index in [-0.39, 0.29) is 12.1 Å². The third-order valence-corrected chi connectivity index (χ3v) is 6.62. The first kappa shape index (κ1) is 22.2. The summed E-state index contributed by atoms with van der Waals surface area (Å²) in [6, 6.07) is 13.7. The summed E-state index contributed by atoms with van der Waals surface area (Å²) in [4.78, 5) is 24.7.